The maximum absolute atomic E-state index is 12.9. The normalized spacial score (nSPS) is 11.6. The van der Waals surface area contributed by atoms with Crippen molar-refractivity contribution in [1.82, 2.24) is 16.0 Å². The van der Waals surface area contributed by atoms with E-state index >= 15 is 0 Å². The highest BCUT2D eigenvalue weighted by atomic mass is 19.4. The molecule has 8 N–H and O–H groups in total. The van der Waals surface area contributed by atoms with Crippen molar-refractivity contribution in [2.45, 2.75) is 82.6 Å². The van der Waals surface area contributed by atoms with Crippen LogP contribution in [0.25, 0.3) is 0 Å². The SMILES string of the molecule is NCCCNCCCCCCCCNC(=O)[C@H](Cc1ccc(O)cc1)NC(=O)CCc1ccccc1.O=C(O)C(F)(F)F.O=C(O)C(F)(F)F. The van der Waals surface area contributed by atoms with Gasteiger partial charge in [-0.25, -0.2) is 9.59 Å². The maximum Gasteiger partial charge on any atom is 0.490 e. The summed E-state index contributed by atoms with van der Waals surface area (Å²) >= 11 is 0. The van der Waals surface area contributed by atoms with Gasteiger partial charge >= 0.3 is 24.3 Å². The molecule has 0 unspecified atom stereocenters. The van der Waals surface area contributed by atoms with Crippen molar-refractivity contribution in [3.8, 4) is 5.75 Å². The van der Waals surface area contributed by atoms with Crippen molar-refractivity contribution in [1.29, 1.82) is 0 Å². The van der Waals surface area contributed by atoms with Crippen LogP contribution >= 0.6 is 0 Å². The van der Waals surface area contributed by atoms with E-state index in [0.29, 0.717) is 25.8 Å². The first kappa shape index (κ1) is 45.6. The number of carbonyl (C=O) groups is 4. The lowest BCUT2D eigenvalue weighted by molar-refractivity contribution is -0.193. The number of halogens is 6. The van der Waals surface area contributed by atoms with Gasteiger partial charge in [0.2, 0.25) is 11.8 Å². The Morgan fingerprint density at radius 3 is 1.66 bits per heavy atom. The number of nitrogens with two attached hydrogens (primary N) is 1. The number of phenolic OH excluding ortho intramolecular Hbond substituents is 1. The molecule has 1 atom stereocenters. The van der Waals surface area contributed by atoms with Crippen LogP contribution < -0.4 is 21.7 Å². The van der Waals surface area contributed by atoms with Gasteiger partial charge in [0.1, 0.15) is 11.8 Å². The number of phenols is 1. The van der Waals surface area contributed by atoms with Gasteiger partial charge in [-0.05, 0) is 68.6 Å². The predicted octanol–water partition coefficient (Wildman–Crippen LogP) is 4.71. The highest BCUT2D eigenvalue weighted by Gasteiger charge is 2.38. The first-order valence-corrected chi connectivity index (χ1v) is 15.9. The lowest BCUT2D eigenvalue weighted by Gasteiger charge is -2.19. The molecular formula is C33H46F6N4O7. The minimum atomic E-state index is -5.08. The number of hydrogen-bond donors (Lipinski definition) is 7. The largest absolute Gasteiger partial charge is 0.508 e. The van der Waals surface area contributed by atoms with Gasteiger partial charge in [0.25, 0.3) is 0 Å². The molecule has 0 bridgehead atoms. The van der Waals surface area contributed by atoms with Crippen LogP contribution in [0.15, 0.2) is 54.6 Å². The molecule has 50 heavy (non-hydrogen) atoms. The van der Waals surface area contributed by atoms with E-state index in [4.69, 9.17) is 25.5 Å². The summed E-state index contributed by atoms with van der Waals surface area (Å²) in [6, 6.07) is 15.9. The van der Waals surface area contributed by atoms with Crippen molar-refractivity contribution in [2.75, 3.05) is 26.2 Å². The summed E-state index contributed by atoms with van der Waals surface area (Å²) in [5.74, 6) is -5.65. The number of carboxylic acids is 2. The zero-order valence-corrected chi connectivity index (χ0v) is 27.5. The molecule has 2 amide bonds. The van der Waals surface area contributed by atoms with Gasteiger partial charge < -0.3 is 37.0 Å². The van der Waals surface area contributed by atoms with Gasteiger partial charge in [-0.15, -0.1) is 0 Å². The average Bonchev–Trinajstić information content (AvgIpc) is 3.05. The van der Waals surface area contributed by atoms with E-state index < -0.39 is 30.3 Å². The Kier molecular flexibility index (Phi) is 23.3. The molecule has 2 aromatic rings. The molecule has 0 saturated heterocycles. The topological polar surface area (TPSA) is 191 Å². The lowest BCUT2D eigenvalue weighted by atomic mass is 10.0. The Bertz CT molecular complexity index is 1220. The summed E-state index contributed by atoms with van der Waals surface area (Å²) in [5.41, 5.74) is 7.46. The van der Waals surface area contributed by atoms with Crippen LogP contribution in [0.4, 0.5) is 26.3 Å². The van der Waals surface area contributed by atoms with Gasteiger partial charge in [-0.1, -0.05) is 68.1 Å². The van der Waals surface area contributed by atoms with Gasteiger partial charge in [-0.3, -0.25) is 9.59 Å². The van der Waals surface area contributed by atoms with Crippen LogP contribution in [0.2, 0.25) is 0 Å². The van der Waals surface area contributed by atoms with Crippen molar-refractivity contribution < 1.29 is 60.8 Å². The monoisotopic (exact) mass is 724 g/mol. The van der Waals surface area contributed by atoms with Crippen LogP contribution in [-0.4, -0.2) is 83.6 Å². The van der Waals surface area contributed by atoms with Crippen LogP contribution in [0.1, 0.15) is 62.5 Å². The third-order valence-corrected chi connectivity index (χ3v) is 6.63. The maximum atomic E-state index is 12.9. The second-order valence-corrected chi connectivity index (χ2v) is 10.9. The molecule has 2 aromatic carbocycles. The lowest BCUT2D eigenvalue weighted by Crippen LogP contribution is -2.48. The van der Waals surface area contributed by atoms with Crippen molar-refractivity contribution in [3.05, 3.63) is 65.7 Å². The van der Waals surface area contributed by atoms with E-state index in [1.165, 1.54) is 19.3 Å². The number of aryl methyl sites for hydroxylation is 1. The molecule has 0 spiro atoms. The zero-order chi connectivity index (χ0) is 38.0. The number of hydrogen-bond acceptors (Lipinski definition) is 7. The number of rotatable bonds is 19. The number of amides is 2. The molecule has 11 nitrogen and oxygen atoms in total. The first-order valence-electron chi connectivity index (χ1n) is 15.9. The quantitative estimate of drug-likeness (QED) is 0.0794. The van der Waals surface area contributed by atoms with Crippen molar-refractivity contribution >= 4 is 23.8 Å². The van der Waals surface area contributed by atoms with Crippen LogP contribution in [-0.2, 0) is 32.0 Å². The van der Waals surface area contributed by atoms with E-state index in [0.717, 1.165) is 56.4 Å². The van der Waals surface area contributed by atoms with Crippen LogP contribution in [0.3, 0.4) is 0 Å². The summed E-state index contributed by atoms with van der Waals surface area (Å²) in [4.78, 5) is 43.3. The number of nitrogens with one attached hydrogen (secondary N) is 3. The first-order chi connectivity index (χ1) is 23.5. The van der Waals surface area contributed by atoms with E-state index in [1.54, 1.807) is 24.3 Å². The molecule has 0 heterocycles. The second kappa shape index (κ2) is 25.6. The fourth-order valence-corrected chi connectivity index (χ4v) is 4.02. The number of benzene rings is 2. The van der Waals surface area contributed by atoms with E-state index in [1.807, 2.05) is 30.3 Å². The number of unbranched alkanes of at least 4 members (excludes halogenated alkanes) is 5. The van der Waals surface area contributed by atoms with Crippen LogP contribution in [0, 0.1) is 0 Å². The fraction of sp³-hybridized carbons (Fsp3) is 0.515. The summed E-state index contributed by atoms with van der Waals surface area (Å²) in [5, 5.41) is 33.1. The number of carboxylic acid groups (broad SMARTS) is 2. The Labute approximate surface area is 286 Å². The molecule has 0 fully saturated rings. The van der Waals surface area contributed by atoms with Crippen molar-refractivity contribution in [2.24, 2.45) is 5.73 Å². The molecule has 0 aliphatic carbocycles. The van der Waals surface area contributed by atoms with Crippen molar-refractivity contribution in [3.63, 3.8) is 0 Å². The Hall–Kier alpha value is -4.38. The smallest absolute Gasteiger partial charge is 0.490 e. The highest BCUT2D eigenvalue weighted by Crippen LogP contribution is 2.14. The van der Waals surface area contributed by atoms with E-state index in [2.05, 4.69) is 16.0 Å². The molecule has 17 heteroatoms. The predicted molar refractivity (Wildman–Crippen MR) is 173 cm³/mol. The van der Waals surface area contributed by atoms with Gasteiger partial charge in [-0.2, -0.15) is 26.3 Å². The minimum Gasteiger partial charge on any atom is -0.508 e. The zero-order valence-electron chi connectivity index (χ0n) is 27.5. The molecule has 0 radical (unpaired) electrons. The summed E-state index contributed by atoms with van der Waals surface area (Å²) in [7, 11) is 0. The third kappa shape index (κ3) is 24.7. The number of aliphatic carboxylic acids is 2. The minimum absolute atomic E-state index is 0.143. The number of aromatic hydroxyl groups is 1. The highest BCUT2D eigenvalue weighted by molar-refractivity contribution is 5.88. The average molecular weight is 725 g/mol. The van der Waals surface area contributed by atoms with Gasteiger partial charge in [0, 0.05) is 19.4 Å². The second-order valence-electron chi connectivity index (χ2n) is 10.9. The molecule has 2 rings (SSSR count). The number of alkyl halides is 6. The summed E-state index contributed by atoms with van der Waals surface area (Å²) in [6.45, 7) is 3.39. The molecular weight excluding hydrogens is 678 g/mol. The summed E-state index contributed by atoms with van der Waals surface area (Å²) in [6.07, 6.45) is -1.05. The molecule has 282 valence electrons. The Morgan fingerprint density at radius 2 is 1.16 bits per heavy atom. The van der Waals surface area contributed by atoms with Gasteiger partial charge in [0.15, 0.2) is 0 Å². The summed E-state index contributed by atoms with van der Waals surface area (Å²) < 4.78 is 63.5. The third-order valence-electron chi connectivity index (χ3n) is 6.63. The van der Waals surface area contributed by atoms with Gasteiger partial charge in [0.05, 0.1) is 0 Å². The number of carbonyl (C=O) groups excluding carboxylic acids is 2. The molecule has 0 aromatic heterocycles. The Morgan fingerprint density at radius 1 is 0.680 bits per heavy atom. The molecule has 0 saturated carbocycles. The Balaban J connectivity index is 0.00000143. The molecule has 0 aliphatic heterocycles. The van der Waals surface area contributed by atoms with E-state index in [9.17, 15) is 41.0 Å². The van der Waals surface area contributed by atoms with Crippen LogP contribution in [0.5, 0.6) is 5.75 Å². The molecule has 0 aliphatic rings. The fourth-order valence-electron chi connectivity index (χ4n) is 4.02. The van der Waals surface area contributed by atoms with E-state index in [-0.39, 0.29) is 17.6 Å². The standard InChI is InChI=1S/C29H44N4O3.2C2HF3O2/c30-19-10-21-31-20-8-3-1-2-4-9-22-32-29(36)27(23-25-13-16-26(34)17-14-25)33-28(35)18-15-24-11-6-5-7-12-24;2*3-2(4,5)1(6)7/h5-7,11-14,16-17,27,31,34H,1-4,8-10,15,18-23,30H2,(H,32,36)(H,33,35);2*(H,6,7)/t27-;;/m0../s1.